The summed E-state index contributed by atoms with van der Waals surface area (Å²) in [5.41, 5.74) is 3.28. The van der Waals surface area contributed by atoms with Gasteiger partial charge < -0.3 is 33.6 Å². The Morgan fingerprint density at radius 3 is 1.74 bits per heavy atom. The van der Waals surface area contributed by atoms with Crippen molar-refractivity contribution in [2.75, 3.05) is 75.5 Å². The molecule has 2 aromatic rings. The Balaban J connectivity index is 1.46. The lowest BCUT2D eigenvalue weighted by Gasteiger charge is -2.37. The molecule has 0 aromatic heterocycles. The van der Waals surface area contributed by atoms with Crippen LogP contribution in [0.5, 0.6) is 5.75 Å². The smallest absolute Gasteiger partial charge is 0.355 e. The van der Waals surface area contributed by atoms with E-state index in [2.05, 4.69) is 21.9 Å². The lowest BCUT2D eigenvalue weighted by molar-refractivity contribution is -0.140. The number of esters is 2. The number of ether oxygens (including phenoxy) is 4. The summed E-state index contributed by atoms with van der Waals surface area (Å²) in [5.74, 6) is -0.371. The van der Waals surface area contributed by atoms with E-state index in [1.54, 1.807) is 12.0 Å². The highest BCUT2D eigenvalue weighted by Gasteiger charge is 2.32. The Morgan fingerprint density at radius 2 is 1.24 bits per heavy atom. The van der Waals surface area contributed by atoms with Gasteiger partial charge in [0.15, 0.2) is 0 Å². The third-order valence-electron chi connectivity index (χ3n) is 6.08. The Labute approximate surface area is 199 Å². The van der Waals surface area contributed by atoms with Crippen LogP contribution in [-0.4, -0.2) is 72.8 Å². The van der Waals surface area contributed by atoms with Gasteiger partial charge in [0.2, 0.25) is 0 Å². The van der Waals surface area contributed by atoms with Gasteiger partial charge in [-0.25, -0.2) is 9.59 Å². The van der Waals surface area contributed by atoms with Gasteiger partial charge in [-0.1, -0.05) is 0 Å². The van der Waals surface area contributed by atoms with Crippen molar-refractivity contribution >= 4 is 29.0 Å². The van der Waals surface area contributed by atoms with E-state index in [1.165, 1.54) is 19.9 Å². The molecule has 0 unspecified atom stereocenters. The summed E-state index contributed by atoms with van der Waals surface area (Å²) in [5, 5.41) is 0. The van der Waals surface area contributed by atoms with Gasteiger partial charge in [-0.05, 0) is 48.5 Å². The van der Waals surface area contributed by atoms with E-state index in [4.69, 9.17) is 18.9 Å². The number of anilines is 3. The van der Waals surface area contributed by atoms with Crippen LogP contribution in [0.2, 0.25) is 0 Å². The maximum absolute atomic E-state index is 12.5. The minimum absolute atomic E-state index is 0.00976. The summed E-state index contributed by atoms with van der Waals surface area (Å²) < 4.78 is 20.5. The minimum Gasteiger partial charge on any atom is -0.497 e. The molecular weight excluding hydrogens is 438 g/mol. The molecule has 4 rings (SSSR count). The molecule has 9 heteroatoms. The summed E-state index contributed by atoms with van der Waals surface area (Å²) in [4.78, 5) is 31.0. The Kier molecular flexibility index (Phi) is 7.22. The minimum atomic E-state index is -0.614. The normalized spacial score (nSPS) is 16.4. The number of benzene rings is 2. The van der Waals surface area contributed by atoms with Gasteiger partial charge in [-0.15, -0.1) is 0 Å². The molecule has 0 atom stereocenters. The molecule has 2 aliphatic heterocycles. The van der Waals surface area contributed by atoms with Crippen LogP contribution in [0, 0.1) is 0 Å². The van der Waals surface area contributed by atoms with Gasteiger partial charge in [0.05, 0.1) is 33.5 Å². The van der Waals surface area contributed by atoms with Crippen molar-refractivity contribution in [3.63, 3.8) is 0 Å². The summed E-state index contributed by atoms with van der Waals surface area (Å²) in [6, 6.07) is 16.0. The van der Waals surface area contributed by atoms with Crippen molar-refractivity contribution in [2.24, 2.45) is 0 Å². The molecule has 0 N–H and O–H groups in total. The first kappa shape index (κ1) is 23.4. The Hall–Kier alpha value is -3.72. The Morgan fingerprint density at radius 1 is 0.735 bits per heavy atom. The molecule has 0 aliphatic carbocycles. The van der Waals surface area contributed by atoms with E-state index in [9.17, 15) is 9.59 Å². The van der Waals surface area contributed by atoms with Crippen molar-refractivity contribution < 1.29 is 28.5 Å². The van der Waals surface area contributed by atoms with Gasteiger partial charge in [0.1, 0.15) is 18.2 Å². The zero-order valence-corrected chi connectivity index (χ0v) is 19.7. The van der Waals surface area contributed by atoms with Crippen LogP contribution in [0.25, 0.3) is 0 Å². The first-order chi connectivity index (χ1) is 16.5. The molecule has 0 bridgehead atoms. The maximum atomic E-state index is 12.5. The van der Waals surface area contributed by atoms with Gasteiger partial charge in [0.25, 0.3) is 0 Å². The van der Waals surface area contributed by atoms with Gasteiger partial charge in [0, 0.05) is 43.2 Å². The average Bonchev–Trinajstić information content (AvgIpc) is 2.92. The predicted molar refractivity (Wildman–Crippen MR) is 128 cm³/mol. The van der Waals surface area contributed by atoms with Crippen molar-refractivity contribution in [2.45, 2.75) is 0 Å². The average molecular weight is 468 g/mol. The van der Waals surface area contributed by atoms with Crippen LogP contribution in [0.3, 0.4) is 0 Å². The fraction of sp³-hybridized carbons (Fsp3) is 0.360. The molecule has 2 heterocycles. The second-order valence-electron chi connectivity index (χ2n) is 7.90. The molecule has 9 nitrogen and oxygen atoms in total. The number of piperazine rings is 1. The van der Waals surface area contributed by atoms with E-state index < -0.39 is 11.9 Å². The number of carbonyl (C=O) groups is 2. The summed E-state index contributed by atoms with van der Waals surface area (Å²) in [6.07, 6.45) is 0. The fourth-order valence-electron chi connectivity index (χ4n) is 4.21. The highest BCUT2D eigenvalue weighted by Crippen LogP contribution is 2.29. The number of carbonyl (C=O) groups excluding carboxylic acids is 2. The van der Waals surface area contributed by atoms with Crippen LogP contribution < -0.4 is 19.4 Å². The third-order valence-corrected chi connectivity index (χ3v) is 6.08. The van der Waals surface area contributed by atoms with E-state index in [0.29, 0.717) is 0 Å². The standard InChI is InChI=1S/C25H29N3O6/c1-31-21-10-8-19(9-11-21)27-14-12-26(13-15-27)18-4-6-20(7-5-18)28-17-34-16-22(24(29)32-2)23(28)25(30)33-3/h4-11H,12-17H2,1-3H3. The first-order valence-electron chi connectivity index (χ1n) is 11.0. The Bertz CT molecular complexity index is 1040. The first-order valence-corrected chi connectivity index (χ1v) is 11.0. The molecule has 0 spiro atoms. The predicted octanol–water partition coefficient (Wildman–Crippen LogP) is 2.42. The van der Waals surface area contributed by atoms with Crippen molar-refractivity contribution in [3.05, 3.63) is 59.8 Å². The maximum Gasteiger partial charge on any atom is 0.355 e. The van der Waals surface area contributed by atoms with Crippen LogP contribution in [0.15, 0.2) is 59.8 Å². The topological polar surface area (TPSA) is 80.8 Å². The monoisotopic (exact) mass is 467 g/mol. The molecule has 1 fully saturated rings. The molecule has 2 aliphatic rings. The number of hydrogen-bond acceptors (Lipinski definition) is 9. The van der Waals surface area contributed by atoms with E-state index in [-0.39, 0.29) is 24.6 Å². The molecule has 2 aromatic carbocycles. The molecule has 1 saturated heterocycles. The largest absolute Gasteiger partial charge is 0.497 e. The lowest BCUT2D eigenvalue weighted by Crippen LogP contribution is -2.46. The zero-order valence-electron chi connectivity index (χ0n) is 19.7. The fourth-order valence-corrected chi connectivity index (χ4v) is 4.21. The molecular formula is C25H29N3O6. The number of nitrogens with zero attached hydrogens (tertiary/aromatic N) is 3. The molecule has 180 valence electrons. The highest BCUT2D eigenvalue weighted by molar-refractivity contribution is 6.03. The van der Waals surface area contributed by atoms with Crippen molar-refractivity contribution in [3.8, 4) is 5.75 Å². The molecule has 0 amide bonds. The third kappa shape index (κ3) is 4.79. The molecule has 0 saturated carbocycles. The van der Waals surface area contributed by atoms with Crippen LogP contribution in [0.4, 0.5) is 17.1 Å². The SMILES string of the molecule is COC(=O)C1=C(C(=O)OC)N(c2ccc(N3CCN(c4ccc(OC)cc4)CC3)cc2)COC1. The van der Waals surface area contributed by atoms with Crippen LogP contribution in [-0.2, 0) is 23.8 Å². The van der Waals surface area contributed by atoms with Crippen LogP contribution in [0.1, 0.15) is 0 Å². The van der Waals surface area contributed by atoms with Gasteiger partial charge >= 0.3 is 11.9 Å². The van der Waals surface area contributed by atoms with E-state index in [1.807, 2.05) is 36.4 Å². The summed E-state index contributed by atoms with van der Waals surface area (Å²) in [6.45, 7) is 3.71. The zero-order chi connectivity index (χ0) is 24.1. The number of hydrogen-bond donors (Lipinski definition) is 0. The van der Waals surface area contributed by atoms with E-state index >= 15 is 0 Å². The summed E-state index contributed by atoms with van der Waals surface area (Å²) >= 11 is 0. The second kappa shape index (κ2) is 10.5. The van der Waals surface area contributed by atoms with Crippen molar-refractivity contribution in [1.29, 1.82) is 0 Å². The molecule has 0 radical (unpaired) electrons. The number of methoxy groups -OCH3 is 3. The van der Waals surface area contributed by atoms with Crippen LogP contribution >= 0.6 is 0 Å². The quantitative estimate of drug-likeness (QED) is 0.595. The summed E-state index contributed by atoms with van der Waals surface area (Å²) in [7, 11) is 4.22. The van der Waals surface area contributed by atoms with E-state index in [0.717, 1.165) is 43.3 Å². The highest BCUT2D eigenvalue weighted by atomic mass is 16.5. The number of rotatable bonds is 6. The van der Waals surface area contributed by atoms with Crippen molar-refractivity contribution in [1.82, 2.24) is 0 Å². The second-order valence-corrected chi connectivity index (χ2v) is 7.90. The molecule has 34 heavy (non-hydrogen) atoms. The lowest BCUT2D eigenvalue weighted by atomic mass is 10.1. The van der Waals surface area contributed by atoms with Gasteiger partial charge in [-0.2, -0.15) is 0 Å². The van der Waals surface area contributed by atoms with Gasteiger partial charge in [-0.3, -0.25) is 0 Å².